The number of anilines is 1. The number of fused-ring (bicyclic) bond motifs is 1. The molecule has 1 aliphatic heterocycles. The molecule has 0 fully saturated rings. The molecule has 0 saturated carbocycles. The normalized spacial score (nSPS) is 16.3. The molecule has 0 amide bonds. The van der Waals surface area contributed by atoms with Crippen molar-refractivity contribution in [3.05, 3.63) is 74.6 Å². The Balaban J connectivity index is 2.22. The summed E-state index contributed by atoms with van der Waals surface area (Å²) >= 11 is 0. The number of hydrogen-bond donors (Lipinski definition) is 0. The fourth-order valence-electron chi connectivity index (χ4n) is 3.80. The van der Waals surface area contributed by atoms with Gasteiger partial charge >= 0.3 is 11.7 Å². The Morgan fingerprint density at radius 1 is 1.23 bits per heavy atom. The van der Waals surface area contributed by atoms with Gasteiger partial charge < -0.3 is 9.64 Å². The van der Waals surface area contributed by atoms with E-state index in [0.717, 1.165) is 10.1 Å². The second-order valence-corrected chi connectivity index (χ2v) is 7.14. The lowest BCUT2D eigenvalue weighted by Crippen LogP contribution is -2.43. The fourth-order valence-corrected chi connectivity index (χ4v) is 3.80. The maximum absolute atomic E-state index is 13.2. The molecule has 2 heterocycles. The minimum absolute atomic E-state index is 0.137. The first kappa shape index (κ1) is 21.1. The van der Waals surface area contributed by atoms with Crippen LogP contribution in [0.2, 0.25) is 0 Å². The lowest BCUT2D eigenvalue weighted by molar-refractivity contribution is -0.146. The van der Waals surface area contributed by atoms with Crippen LogP contribution in [0.25, 0.3) is 0 Å². The second-order valence-electron chi connectivity index (χ2n) is 7.14. The summed E-state index contributed by atoms with van der Waals surface area (Å²) in [6.45, 7) is 2.23. The molecule has 2 aromatic rings. The molecule has 3 rings (SSSR count). The van der Waals surface area contributed by atoms with Gasteiger partial charge in [-0.3, -0.25) is 18.7 Å². The van der Waals surface area contributed by atoms with E-state index in [4.69, 9.17) is 4.74 Å². The van der Waals surface area contributed by atoms with Crippen molar-refractivity contribution in [2.24, 2.45) is 20.0 Å². The van der Waals surface area contributed by atoms with E-state index in [-0.39, 0.29) is 12.2 Å². The predicted molar refractivity (Wildman–Crippen MR) is 112 cm³/mol. The van der Waals surface area contributed by atoms with Crippen molar-refractivity contribution in [2.75, 3.05) is 11.5 Å². The average Bonchev–Trinajstić information content (AvgIpc) is 2.92. The van der Waals surface area contributed by atoms with Gasteiger partial charge in [-0.15, -0.1) is 0 Å². The maximum Gasteiger partial charge on any atom is 0.332 e. The quantitative estimate of drug-likeness (QED) is 0.700. The van der Waals surface area contributed by atoms with E-state index in [1.54, 1.807) is 20.2 Å². The number of ether oxygens (including phenoxy) is 1. The minimum atomic E-state index is -1.16. The van der Waals surface area contributed by atoms with Crippen LogP contribution in [0.1, 0.15) is 30.4 Å². The lowest BCUT2D eigenvalue weighted by atomic mass is 9.85. The highest BCUT2D eigenvalue weighted by atomic mass is 16.5. The van der Waals surface area contributed by atoms with E-state index in [0.29, 0.717) is 18.8 Å². The van der Waals surface area contributed by atoms with Gasteiger partial charge in [0.2, 0.25) is 0 Å². The van der Waals surface area contributed by atoms with Gasteiger partial charge in [-0.2, -0.15) is 5.26 Å². The molecule has 2 unspecified atom stereocenters. The molecule has 156 valence electrons. The molecule has 8 nitrogen and oxygen atoms in total. The van der Waals surface area contributed by atoms with Gasteiger partial charge in [-0.05, 0) is 18.9 Å². The molecule has 0 bridgehead atoms. The van der Waals surface area contributed by atoms with Crippen LogP contribution < -0.4 is 16.1 Å². The SMILES string of the molecule is CCOC(=O)C(C#N)C1CC=CN(Cc2ccccc2)c2c1c(=O)n(C)c(=O)n2C. The Morgan fingerprint density at radius 3 is 2.57 bits per heavy atom. The highest BCUT2D eigenvalue weighted by Gasteiger charge is 2.37. The largest absolute Gasteiger partial charge is 0.465 e. The van der Waals surface area contributed by atoms with Crippen LogP contribution in [-0.2, 0) is 30.2 Å². The summed E-state index contributed by atoms with van der Waals surface area (Å²) in [6.07, 6.45) is 3.91. The number of hydrogen-bond acceptors (Lipinski definition) is 6. The first-order valence-electron chi connectivity index (χ1n) is 9.74. The summed E-state index contributed by atoms with van der Waals surface area (Å²) < 4.78 is 7.48. The summed E-state index contributed by atoms with van der Waals surface area (Å²) in [4.78, 5) is 40.1. The first-order valence-corrected chi connectivity index (χ1v) is 9.74. The van der Waals surface area contributed by atoms with Crippen molar-refractivity contribution in [2.45, 2.75) is 25.8 Å². The van der Waals surface area contributed by atoms with E-state index in [2.05, 4.69) is 0 Å². The number of aromatic nitrogens is 2. The molecule has 1 aliphatic rings. The summed E-state index contributed by atoms with van der Waals surface area (Å²) in [7, 11) is 2.98. The molecule has 0 saturated heterocycles. The molecule has 0 N–H and O–H groups in total. The fraction of sp³-hybridized carbons (Fsp3) is 0.364. The van der Waals surface area contributed by atoms with Gasteiger partial charge in [0, 0.05) is 32.8 Å². The summed E-state index contributed by atoms with van der Waals surface area (Å²) in [5.74, 6) is -2.17. The Labute approximate surface area is 174 Å². The topological polar surface area (TPSA) is 97.3 Å². The van der Waals surface area contributed by atoms with Crippen molar-refractivity contribution in [3.63, 3.8) is 0 Å². The van der Waals surface area contributed by atoms with Gasteiger partial charge in [0.25, 0.3) is 5.56 Å². The average molecular weight is 408 g/mol. The summed E-state index contributed by atoms with van der Waals surface area (Å²) in [5.41, 5.74) is 0.266. The number of nitrogens with zero attached hydrogens (tertiary/aromatic N) is 4. The molecular formula is C22H24N4O4. The van der Waals surface area contributed by atoms with Crippen molar-refractivity contribution in [3.8, 4) is 6.07 Å². The summed E-state index contributed by atoms with van der Waals surface area (Å²) in [6, 6.07) is 11.6. The number of benzene rings is 1. The van der Waals surface area contributed by atoms with Gasteiger partial charge in [-0.1, -0.05) is 36.4 Å². The third-order valence-corrected chi connectivity index (χ3v) is 5.26. The zero-order valence-electron chi connectivity index (χ0n) is 17.2. The highest BCUT2D eigenvalue weighted by molar-refractivity contribution is 5.77. The van der Waals surface area contributed by atoms with Crippen LogP contribution in [0.3, 0.4) is 0 Å². The van der Waals surface area contributed by atoms with Gasteiger partial charge in [0.05, 0.1) is 18.2 Å². The van der Waals surface area contributed by atoms with Crippen molar-refractivity contribution < 1.29 is 9.53 Å². The maximum atomic E-state index is 13.2. The van der Waals surface area contributed by atoms with E-state index >= 15 is 0 Å². The number of nitriles is 1. The number of carbonyl (C=O) groups is 1. The van der Waals surface area contributed by atoms with Crippen molar-refractivity contribution in [1.29, 1.82) is 5.26 Å². The van der Waals surface area contributed by atoms with Crippen LogP contribution in [-0.4, -0.2) is 21.7 Å². The standard InChI is InChI=1S/C22H24N4O4/c1-4-30-21(28)17(13-23)16-11-8-12-26(14-15-9-6-5-7-10-15)19-18(16)20(27)25(3)22(29)24(19)2/h5-10,12,16-17H,4,11,14H2,1-3H3. The molecule has 0 radical (unpaired) electrons. The van der Waals surface area contributed by atoms with E-state index in [1.807, 2.05) is 47.4 Å². The predicted octanol–water partition coefficient (Wildman–Crippen LogP) is 1.79. The molecule has 2 atom stereocenters. The van der Waals surface area contributed by atoms with Crippen LogP contribution in [0.4, 0.5) is 5.82 Å². The van der Waals surface area contributed by atoms with Gasteiger partial charge in [0.1, 0.15) is 5.82 Å². The number of carbonyl (C=O) groups excluding carboxylic acids is 1. The Morgan fingerprint density at radius 2 is 1.93 bits per heavy atom. The lowest BCUT2D eigenvalue weighted by Gasteiger charge is -2.27. The van der Waals surface area contributed by atoms with Gasteiger partial charge in [0.15, 0.2) is 5.92 Å². The smallest absolute Gasteiger partial charge is 0.332 e. The monoisotopic (exact) mass is 408 g/mol. The third kappa shape index (κ3) is 3.79. The number of allylic oxidation sites excluding steroid dienone is 1. The Bertz CT molecular complexity index is 1120. The third-order valence-electron chi connectivity index (χ3n) is 5.26. The molecule has 1 aromatic carbocycles. The molecular weight excluding hydrogens is 384 g/mol. The van der Waals surface area contributed by atoms with E-state index < -0.39 is 29.1 Å². The minimum Gasteiger partial charge on any atom is -0.465 e. The number of esters is 1. The van der Waals surface area contributed by atoms with Crippen LogP contribution in [0.15, 0.2) is 52.2 Å². The van der Waals surface area contributed by atoms with E-state index in [1.165, 1.54) is 11.6 Å². The summed E-state index contributed by atoms with van der Waals surface area (Å²) in [5, 5.41) is 9.71. The van der Waals surface area contributed by atoms with Gasteiger partial charge in [-0.25, -0.2) is 4.79 Å². The second kappa shape index (κ2) is 8.82. The molecule has 0 aliphatic carbocycles. The first-order chi connectivity index (χ1) is 14.4. The van der Waals surface area contributed by atoms with Crippen LogP contribution in [0, 0.1) is 17.2 Å². The number of rotatable bonds is 5. The molecule has 8 heteroatoms. The van der Waals surface area contributed by atoms with E-state index in [9.17, 15) is 19.6 Å². The molecule has 0 spiro atoms. The van der Waals surface area contributed by atoms with Crippen LogP contribution >= 0.6 is 0 Å². The zero-order valence-corrected chi connectivity index (χ0v) is 17.2. The van der Waals surface area contributed by atoms with Crippen molar-refractivity contribution in [1.82, 2.24) is 9.13 Å². The highest BCUT2D eigenvalue weighted by Crippen LogP contribution is 2.36. The van der Waals surface area contributed by atoms with Crippen LogP contribution in [0.5, 0.6) is 0 Å². The molecule has 30 heavy (non-hydrogen) atoms. The van der Waals surface area contributed by atoms with Crippen molar-refractivity contribution >= 4 is 11.8 Å². The Hall–Kier alpha value is -3.60. The molecule has 1 aromatic heterocycles. The zero-order chi connectivity index (χ0) is 21.8. The Kier molecular flexibility index (Phi) is 6.21.